The molecule has 1 heterocycles. The molecule has 0 saturated heterocycles. The van der Waals surface area contributed by atoms with Crippen molar-refractivity contribution in [2.24, 2.45) is 0 Å². The molecule has 0 aliphatic carbocycles. The number of hydrogen-bond donors (Lipinski definition) is 0. The SMILES string of the molecule is CCOC(OCC)c1cc2cc(C(=O)OC)ccc2o1. The van der Waals surface area contributed by atoms with Crippen molar-refractivity contribution in [3.05, 3.63) is 35.6 Å². The van der Waals surface area contributed by atoms with E-state index >= 15 is 0 Å². The van der Waals surface area contributed by atoms with Crippen molar-refractivity contribution in [1.82, 2.24) is 0 Å². The maximum atomic E-state index is 11.5. The van der Waals surface area contributed by atoms with Gasteiger partial charge in [-0.25, -0.2) is 4.79 Å². The Kier molecular flexibility index (Phi) is 4.76. The number of carbonyl (C=O) groups is 1. The minimum Gasteiger partial charge on any atom is -0.465 e. The van der Waals surface area contributed by atoms with Gasteiger partial charge in [-0.05, 0) is 38.1 Å². The topological polar surface area (TPSA) is 57.9 Å². The number of fused-ring (bicyclic) bond motifs is 1. The number of hydrogen-bond acceptors (Lipinski definition) is 5. The average Bonchev–Trinajstić information content (AvgIpc) is 2.89. The summed E-state index contributed by atoms with van der Waals surface area (Å²) in [6.45, 7) is 4.83. The standard InChI is InChI=1S/C15H18O5/c1-4-18-15(19-5-2)13-9-11-8-10(14(16)17-3)6-7-12(11)20-13/h6-9,15H,4-5H2,1-3H3. The molecule has 0 fully saturated rings. The molecule has 0 bridgehead atoms. The lowest BCUT2D eigenvalue weighted by atomic mass is 10.1. The van der Waals surface area contributed by atoms with Crippen LogP contribution in [0.1, 0.15) is 36.3 Å². The quantitative estimate of drug-likeness (QED) is 0.599. The molecule has 0 amide bonds. The van der Waals surface area contributed by atoms with Crippen LogP contribution >= 0.6 is 0 Å². The molecule has 5 nitrogen and oxygen atoms in total. The number of methoxy groups -OCH3 is 1. The van der Waals surface area contributed by atoms with Crippen LogP contribution in [0.25, 0.3) is 11.0 Å². The second kappa shape index (κ2) is 6.54. The molecule has 5 heteroatoms. The highest BCUT2D eigenvalue weighted by atomic mass is 16.7. The van der Waals surface area contributed by atoms with Crippen LogP contribution in [0.5, 0.6) is 0 Å². The van der Waals surface area contributed by atoms with Gasteiger partial charge >= 0.3 is 5.97 Å². The smallest absolute Gasteiger partial charge is 0.337 e. The maximum absolute atomic E-state index is 11.5. The van der Waals surface area contributed by atoms with E-state index in [-0.39, 0.29) is 5.97 Å². The third-order valence-corrected chi connectivity index (χ3v) is 2.82. The summed E-state index contributed by atoms with van der Waals surface area (Å²) in [4.78, 5) is 11.5. The fraction of sp³-hybridized carbons (Fsp3) is 0.400. The van der Waals surface area contributed by atoms with Gasteiger partial charge in [-0.1, -0.05) is 0 Å². The molecule has 2 rings (SSSR count). The average molecular weight is 278 g/mol. The fourth-order valence-electron chi connectivity index (χ4n) is 1.94. The van der Waals surface area contributed by atoms with E-state index < -0.39 is 6.29 Å². The summed E-state index contributed by atoms with van der Waals surface area (Å²) in [6.07, 6.45) is -0.529. The summed E-state index contributed by atoms with van der Waals surface area (Å²) >= 11 is 0. The highest BCUT2D eigenvalue weighted by molar-refractivity contribution is 5.94. The molecule has 20 heavy (non-hydrogen) atoms. The van der Waals surface area contributed by atoms with Gasteiger partial charge in [0.2, 0.25) is 6.29 Å². The summed E-state index contributed by atoms with van der Waals surface area (Å²) in [5.74, 6) is 0.214. The van der Waals surface area contributed by atoms with Crippen molar-refractivity contribution in [1.29, 1.82) is 0 Å². The third kappa shape index (κ3) is 3.00. The van der Waals surface area contributed by atoms with E-state index in [4.69, 9.17) is 18.6 Å². The van der Waals surface area contributed by atoms with E-state index in [2.05, 4.69) is 0 Å². The Morgan fingerprint density at radius 1 is 1.20 bits per heavy atom. The van der Waals surface area contributed by atoms with Gasteiger partial charge in [-0.15, -0.1) is 0 Å². The highest BCUT2D eigenvalue weighted by Crippen LogP contribution is 2.27. The third-order valence-electron chi connectivity index (χ3n) is 2.82. The molecule has 2 aromatic rings. The second-order valence-corrected chi connectivity index (χ2v) is 4.14. The van der Waals surface area contributed by atoms with Crippen LogP contribution in [0.15, 0.2) is 28.7 Å². The number of rotatable bonds is 6. The molecule has 0 atom stereocenters. The fourth-order valence-corrected chi connectivity index (χ4v) is 1.94. The van der Waals surface area contributed by atoms with Crippen LogP contribution in [0.2, 0.25) is 0 Å². The summed E-state index contributed by atoms with van der Waals surface area (Å²) in [5, 5.41) is 0.812. The van der Waals surface area contributed by atoms with Gasteiger partial charge in [0.05, 0.1) is 12.7 Å². The molecular weight excluding hydrogens is 260 g/mol. The highest BCUT2D eigenvalue weighted by Gasteiger charge is 2.17. The zero-order chi connectivity index (χ0) is 14.5. The predicted octanol–water partition coefficient (Wildman–Crippen LogP) is 3.29. The molecule has 1 aromatic carbocycles. The van der Waals surface area contributed by atoms with Crippen molar-refractivity contribution in [2.75, 3.05) is 20.3 Å². The first-order valence-electron chi connectivity index (χ1n) is 6.54. The van der Waals surface area contributed by atoms with E-state index in [1.54, 1.807) is 18.2 Å². The van der Waals surface area contributed by atoms with Gasteiger partial charge in [-0.2, -0.15) is 0 Å². The molecular formula is C15H18O5. The molecule has 0 aliphatic heterocycles. The zero-order valence-electron chi connectivity index (χ0n) is 11.8. The Labute approximate surface area is 117 Å². The van der Waals surface area contributed by atoms with Crippen LogP contribution in [0.4, 0.5) is 0 Å². The van der Waals surface area contributed by atoms with Crippen LogP contribution < -0.4 is 0 Å². The monoisotopic (exact) mass is 278 g/mol. The van der Waals surface area contributed by atoms with Crippen molar-refractivity contribution in [3.63, 3.8) is 0 Å². The first-order chi connectivity index (χ1) is 9.69. The Morgan fingerprint density at radius 2 is 1.90 bits per heavy atom. The zero-order valence-corrected chi connectivity index (χ0v) is 11.8. The number of carbonyl (C=O) groups excluding carboxylic acids is 1. The first-order valence-corrected chi connectivity index (χ1v) is 6.54. The molecule has 0 N–H and O–H groups in total. The number of furan rings is 1. The summed E-state index contributed by atoms with van der Waals surface area (Å²) in [6, 6.07) is 6.94. The molecule has 0 spiro atoms. The van der Waals surface area contributed by atoms with Gasteiger partial charge in [0.1, 0.15) is 5.58 Å². The van der Waals surface area contributed by atoms with Gasteiger partial charge < -0.3 is 18.6 Å². The van der Waals surface area contributed by atoms with Crippen LogP contribution in [-0.2, 0) is 14.2 Å². The summed E-state index contributed by atoms with van der Waals surface area (Å²) in [7, 11) is 1.35. The number of benzene rings is 1. The maximum Gasteiger partial charge on any atom is 0.337 e. The predicted molar refractivity (Wildman–Crippen MR) is 73.5 cm³/mol. The molecule has 0 radical (unpaired) electrons. The van der Waals surface area contributed by atoms with Crippen LogP contribution in [0, 0.1) is 0 Å². The molecule has 108 valence electrons. The summed E-state index contributed by atoms with van der Waals surface area (Å²) < 4.78 is 21.4. The second-order valence-electron chi connectivity index (χ2n) is 4.14. The Hall–Kier alpha value is -1.85. The number of esters is 1. The minimum atomic E-state index is -0.529. The number of ether oxygens (including phenoxy) is 3. The van der Waals surface area contributed by atoms with E-state index in [1.807, 2.05) is 19.9 Å². The lowest BCUT2D eigenvalue weighted by molar-refractivity contribution is -0.150. The van der Waals surface area contributed by atoms with E-state index in [0.717, 1.165) is 5.39 Å². The van der Waals surface area contributed by atoms with Gasteiger partial charge in [0, 0.05) is 18.6 Å². The molecule has 0 aliphatic rings. The lowest BCUT2D eigenvalue weighted by Crippen LogP contribution is -2.07. The van der Waals surface area contributed by atoms with E-state index in [1.165, 1.54) is 7.11 Å². The lowest BCUT2D eigenvalue weighted by Gasteiger charge is -2.13. The van der Waals surface area contributed by atoms with Crippen molar-refractivity contribution >= 4 is 16.9 Å². The van der Waals surface area contributed by atoms with E-state index in [0.29, 0.717) is 30.1 Å². The van der Waals surface area contributed by atoms with E-state index in [9.17, 15) is 4.79 Å². The molecule has 1 aromatic heterocycles. The Balaban J connectivity index is 2.34. The Morgan fingerprint density at radius 3 is 2.50 bits per heavy atom. The largest absolute Gasteiger partial charge is 0.465 e. The minimum absolute atomic E-state index is 0.374. The van der Waals surface area contributed by atoms with Gasteiger partial charge in [0.25, 0.3) is 0 Å². The molecule has 0 unspecified atom stereocenters. The Bertz CT molecular complexity index is 581. The van der Waals surface area contributed by atoms with Crippen molar-refractivity contribution in [2.45, 2.75) is 20.1 Å². The first kappa shape index (κ1) is 14.6. The normalized spacial score (nSPS) is 11.2. The van der Waals surface area contributed by atoms with Gasteiger partial charge in [-0.3, -0.25) is 0 Å². The van der Waals surface area contributed by atoms with Crippen LogP contribution in [0.3, 0.4) is 0 Å². The summed E-state index contributed by atoms with van der Waals surface area (Å²) in [5.41, 5.74) is 1.16. The van der Waals surface area contributed by atoms with Crippen molar-refractivity contribution in [3.8, 4) is 0 Å². The van der Waals surface area contributed by atoms with Gasteiger partial charge in [0.15, 0.2) is 5.76 Å². The van der Waals surface area contributed by atoms with Crippen molar-refractivity contribution < 1.29 is 23.4 Å². The van der Waals surface area contributed by atoms with Crippen LogP contribution in [-0.4, -0.2) is 26.3 Å². The molecule has 0 saturated carbocycles.